The van der Waals surface area contributed by atoms with Gasteiger partial charge in [-0.25, -0.2) is 8.42 Å². The molecular formula is C46H56N2O14S. The Bertz CT molecular complexity index is 2240. The summed E-state index contributed by atoms with van der Waals surface area (Å²) >= 11 is 0. The van der Waals surface area contributed by atoms with E-state index in [0.717, 1.165) is 0 Å². The lowest BCUT2D eigenvalue weighted by Gasteiger charge is -2.25. The van der Waals surface area contributed by atoms with Crippen LogP contribution in [0.25, 0.3) is 12.2 Å². The fourth-order valence-electron chi connectivity index (χ4n) is 6.29. The van der Waals surface area contributed by atoms with Gasteiger partial charge < -0.3 is 58.7 Å². The SMILES string of the molecule is COc1cc(OC)c(/C=C/C(c2ccc(OC)c(NC(=O)C(C)(C)O)c2)S(=O)(=O)C(/C=C/c2c(OC)cc(OC)cc2OC)c2ccc(OC)c(NC(=O)C(C)(C)O)c2)c(OC)c1. The van der Waals surface area contributed by atoms with E-state index in [2.05, 4.69) is 10.6 Å². The third-order valence-corrected chi connectivity index (χ3v) is 12.1. The quantitative estimate of drug-likeness (QED) is 0.0721. The molecule has 2 amide bonds. The number of nitrogens with one attached hydrogen (secondary N) is 2. The van der Waals surface area contributed by atoms with Crippen LogP contribution in [0.4, 0.5) is 11.4 Å². The fourth-order valence-corrected chi connectivity index (χ4v) is 8.25. The van der Waals surface area contributed by atoms with Crippen LogP contribution in [0, 0.1) is 0 Å². The molecule has 0 aromatic heterocycles. The van der Waals surface area contributed by atoms with Gasteiger partial charge in [0.1, 0.15) is 67.7 Å². The van der Waals surface area contributed by atoms with Gasteiger partial charge in [-0.05, 0) is 75.2 Å². The molecule has 340 valence electrons. The molecule has 2 unspecified atom stereocenters. The molecular weight excluding hydrogens is 837 g/mol. The van der Waals surface area contributed by atoms with Crippen molar-refractivity contribution in [3.05, 3.63) is 95.1 Å². The molecule has 0 aliphatic carbocycles. The van der Waals surface area contributed by atoms with E-state index in [1.807, 2.05) is 0 Å². The van der Waals surface area contributed by atoms with Crippen molar-refractivity contribution in [2.45, 2.75) is 49.4 Å². The molecule has 0 heterocycles. The molecule has 17 heteroatoms. The van der Waals surface area contributed by atoms with Gasteiger partial charge in [0.05, 0.1) is 79.4 Å². The molecule has 0 saturated heterocycles. The second kappa shape index (κ2) is 20.6. The van der Waals surface area contributed by atoms with Gasteiger partial charge in [-0.15, -0.1) is 0 Å². The molecule has 0 radical (unpaired) electrons. The second-order valence-electron chi connectivity index (χ2n) is 15.0. The van der Waals surface area contributed by atoms with Crippen molar-refractivity contribution < 1.29 is 66.1 Å². The lowest BCUT2D eigenvalue weighted by molar-refractivity contribution is -0.131. The van der Waals surface area contributed by atoms with Crippen molar-refractivity contribution in [2.24, 2.45) is 0 Å². The van der Waals surface area contributed by atoms with Gasteiger partial charge in [0, 0.05) is 24.3 Å². The molecule has 63 heavy (non-hydrogen) atoms. The first-order valence-corrected chi connectivity index (χ1v) is 20.9. The Kier molecular flexibility index (Phi) is 16.1. The Morgan fingerprint density at radius 2 is 0.810 bits per heavy atom. The Morgan fingerprint density at radius 3 is 1.06 bits per heavy atom. The number of benzene rings is 4. The summed E-state index contributed by atoms with van der Waals surface area (Å²) in [4.78, 5) is 26.2. The largest absolute Gasteiger partial charge is 0.496 e. The highest BCUT2D eigenvalue weighted by atomic mass is 32.2. The first-order chi connectivity index (χ1) is 29.7. The van der Waals surface area contributed by atoms with E-state index in [-0.39, 0.29) is 34.0 Å². The van der Waals surface area contributed by atoms with Gasteiger partial charge in [0.25, 0.3) is 11.8 Å². The number of hydrogen-bond acceptors (Lipinski definition) is 14. The molecule has 2 atom stereocenters. The van der Waals surface area contributed by atoms with Crippen molar-refractivity contribution in [2.75, 3.05) is 67.5 Å². The van der Waals surface area contributed by atoms with E-state index in [1.54, 1.807) is 24.3 Å². The third-order valence-electron chi connectivity index (χ3n) is 9.80. The molecule has 0 aliphatic rings. The number of carbonyl (C=O) groups excluding carboxylic acids is 2. The monoisotopic (exact) mass is 892 g/mol. The Labute approximate surface area is 368 Å². The van der Waals surface area contributed by atoms with Crippen LogP contribution in [-0.2, 0) is 19.4 Å². The zero-order chi connectivity index (χ0) is 46.9. The maximum Gasteiger partial charge on any atom is 0.255 e. The molecule has 0 saturated carbocycles. The van der Waals surface area contributed by atoms with Crippen molar-refractivity contribution >= 4 is 45.2 Å². The minimum Gasteiger partial charge on any atom is -0.496 e. The molecule has 0 spiro atoms. The minimum absolute atomic E-state index is 0.0798. The third kappa shape index (κ3) is 11.5. The van der Waals surface area contributed by atoms with Crippen molar-refractivity contribution in [1.82, 2.24) is 0 Å². The molecule has 0 aliphatic heterocycles. The fraction of sp³-hybridized carbons (Fsp3) is 0.348. The zero-order valence-corrected chi connectivity index (χ0v) is 38.3. The summed E-state index contributed by atoms with van der Waals surface area (Å²) < 4.78 is 76.2. The maximum absolute atomic E-state index is 15.8. The van der Waals surface area contributed by atoms with E-state index in [4.69, 9.17) is 37.9 Å². The van der Waals surface area contributed by atoms with E-state index >= 15 is 8.42 Å². The molecule has 4 aromatic rings. The van der Waals surface area contributed by atoms with Crippen LogP contribution in [0.15, 0.2) is 72.8 Å². The van der Waals surface area contributed by atoms with Crippen LogP contribution in [0.5, 0.6) is 46.0 Å². The number of carbonyl (C=O) groups is 2. The summed E-state index contributed by atoms with van der Waals surface area (Å²) in [7, 11) is 6.92. The highest BCUT2D eigenvalue weighted by Crippen LogP contribution is 2.44. The molecule has 4 N–H and O–H groups in total. The van der Waals surface area contributed by atoms with E-state index in [0.29, 0.717) is 45.6 Å². The average molecular weight is 893 g/mol. The van der Waals surface area contributed by atoms with Crippen LogP contribution in [-0.4, -0.2) is 98.5 Å². The Hall–Kier alpha value is -6.43. The smallest absolute Gasteiger partial charge is 0.255 e. The topological polar surface area (TPSA) is 207 Å². The van der Waals surface area contributed by atoms with Gasteiger partial charge in [0.2, 0.25) is 0 Å². The predicted octanol–water partition coefficient (Wildman–Crippen LogP) is 6.80. The standard InChI is InChI=1S/C46H56N2O14S/c1-45(2,51)43(49)47-33-21-27(13-17-35(33)57-7)41(19-15-31-37(59-9)23-29(55-5)24-38(31)60-10)63(53,54)42(20-16-32-39(61-11)25-30(56-6)26-40(32)62-12)28-14-18-36(58-8)34(22-28)48-44(50)46(3,4)52/h13-26,41-42,51-52H,1-12H3,(H,47,49)(H,48,50)/b19-15+,20-16+. The van der Waals surface area contributed by atoms with Crippen LogP contribution in [0.1, 0.15) is 60.4 Å². The number of hydrogen-bond donors (Lipinski definition) is 4. The van der Waals surface area contributed by atoms with Crippen LogP contribution < -0.4 is 48.5 Å². The van der Waals surface area contributed by atoms with E-state index < -0.39 is 43.4 Å². The van der Waals surface area contributed by atoms with Gasteiger partial charge >= 0.3 is 0 Å². The van der Waals surface area contributed by atoms with Crippen LogP contribution >= 0.6 is 0 Å². The zero-order valence-electron chi connectivity index (χ0n) is 37.4. The summed E-state index contributed by atoms with van der Waals surface area (Å²) in [6.45, 7) is 5.23. The normalized spacial score (nSPS) is 12.9. The summed E-state index contributed by atoms with van der Waals surface area (Å²) in [6, 6.07) is 15.4. The van der Waals surface area contributed by atoms with Crippen molar-refractivity contribution in [3.8, 4) is 46.0 Å². The lowest BCUT2D eigenvalue weighted by atomic mass is 10.1. The number of aliphatic hydroxyl groups is 2. The Balaban J connectivity index is 2.12. The predicted molar refractivity (Wildman–Crippen MR) is 241 cm³/mol. The van der Waals surface area contributed by atoms with Gasteiger partial charge in [-0.3, -0.25) is 9.59 Å². The first-order valence-electron chi connectivity index (χ1n) is 19.3. The average Bonchev–Trinajstić information content (AvgIpc) is 3.25. The molecule has 0 bridgehead atoms. The molecule has 0 fully saturated rings. The van der Waals surface area contributed by atoms with Crippen LogP contribution in [0.3, 0.4) is 0 Å². The van der Waals surface area contributed by atoms with Crippen LogP contribution in [0.2, 0.25) is 0 Å². The maximum atomic E-state index is 15.8. The summed E-state index contributed by atoms with van der Waals surface area (Å²) in [5.41, 5.74) is -2.34. The Morgan fingerprint density at radius 1 is 0.508 bits per heavy atom. The number of ether oxygens (including phenoxy) is 8. The van der Waals surface area contributed by atoms with Gasteiger partial charge in [0.15, 0.2) is 9.84 Å². The summed E-state index contributed by atoms with van der Waals surface area (Å²) in [5, 5.41) is 23.3. The number of amides is 2. The minimum atomic E-state index is -4.59. The highest BCUT2D eigenvalue weighted by molar-refractivity contribution is 7.92. The van der Waals surface area contributed by atoms with E-state index in [1.165, 1.54) is 145 Å². The van der Waals surface area contributed by atoms with Gasteiger partial charge in [-0.1, -0.05) is 24.3 Å². The highest BCUT2D eigenvalue weighted by Gasteiger charge is 2.36. The lowest BCUT2D eigenvalue weighted by Crippen LogP contribution is -2.36. The summed E-state index contributed by atoms with van der Waals surface area (Å²) in [6.07, 6.45) is 5.97. The van der Waals surface area contributed by atoms with Crippen molar-refractivity contribution in [1.29, 1.82) is 0 Å². The first kappa shape index (κ1) is 49.2. The summed E-state index contributed by atoms with van der Waals surface area (Å²) in [5.74, 6) is 0.911. The number of sulfone groups is 1. The van der Waals surface area contributed by atoms with Crippen molar-refractivity contribution in [3.63, 3.8) is 0 Å². The number of rotatable bonds is 20. The molecule has 4 rings (SSSR count). The number of anilines is 2. The molecule has 16 nitrogen and oxygen atoms in total. The van der Waals surface area contributed by atoms with E-state index in [9.17, 15) is 19.8 Å². The molecule has 4 aromatic carbocycles. The second-order valence-corrected chi connectivity index (χ2v) is 17.2. The number of methoxy groups -OCH3 is 8. The van der Waals surface area contributed by atoms with Gasteiger partial charge in [-0.2, -0.15) is 0 Å².